The minimum atomic E-state index is -0.954. The number of aromatic hydroxyl groups is 3. The Morgan fingerprint density at radius 2 is 1.07 bits per heavy atom. The van der Waals surface area contributed by atoms with Crippen LogP contribution in [0.15, 0.2) is 84.9 Å². The van der Waals surface area contributed by atoms with Crippen LogP contribution in [-0.4, -0.2) is 15.3 Å². The van der Waals surface area contributed by atoms with E-state index in [9.17, 15) is 15.3 Å². The lowest BCUT2D eigenvalue weighted by Gasteiger charge is -2.33. The molecule has 0 heterocycles. The average Bonchev–Trinajstić information content (AvgIpc) is 2.69. The van der Waals surface area contributed by atoms with Crippen molar-refractivity contribution in [1.29, 1.82) is 0 Å². The standard InChI is InChI=1S/C24H20O3/c1-24(18-10-4-6-12-21(18)25,19-11-5-7-13-22(19)26)20-15-14-16-8-2-3-9-17(16)23(20)27/h2-15,25-27H,1H3. The van der Waals surface area contributed by atoms with Crippen molar-refractivity contribution >= 4 is 10.8 Å². The van der Waals surface area contributed by atoms with Gasteiger partial charge in [0.2, 0.25) is 0 Å². The van der Waals surface area contributed by atoms with Crippen molar-refractivity contribution in [2.75, 3.05) is 0 Å². The molecule has 3 nitrogen and oxygen atoms in total. The van der Waals surface area contributed by atoms with E-state index in [0.29, 0.717) is 16.7 Å². The number of fused-ring (bicyclic) bond motifs is 1. The lowest BCUT2D eigenvalue weighted by Crippen LogP contribution is -2.26. The Labute approximate surface area is 157 Å². The predicted molar refractivity (Wildman–Crippen MR) is 107 cm³/mol. The van der Waals surface area contributed by atoms with Crippen molar-refractivity contribution in [3.8, 4) is 17.2 Å². The largest absolute Gasteiger partial charge is 0.508 e. The Morgan fingerprint density at radius 1 is 0.556 bits per heavy atom. The van der Waals surface area contributed by atoms with Crippen molar-refractivity contribution in [3.63, 3.8) is 0 Å². The second-order valence-corrected chi connectivity index (χ2v) is 6.84. The highest BCUT2D eigenvalue weighted by molar-refractivity contribution is 5.90. The first-order valence-electron chi connectivity index (χ1n) is 8.81. The molecule has 0 unspecified atom stereocenters. The molecule has 0 bridgehead atoms. The SMILES string of the molecule is CC(c1ccccc1O)(c1ccccc1O)c1ccc2ccccc2c1O. The molecule has 0 saturated carbocycles. The van der Waals surface area contributed by atoms with E-state index in [-0.39, 0.29) is 17.2 Å². The number of para-hydroxylation sites is 2. The summed E-state index contributed by atoms with van der Waals surface area (Å²) in [5, 5.41) is 34.0. The van der Waals surface area contributed by atoms with Gasteiger partial charge in [0.15, 0.2) is 0 Å². The monoisotopic (exact) mass is 356 g/mol. The maximum absolute atomic E-state index is 11.1. The van der Waals surface area contributed by atoms with E-state index in [2.05, 4.69) is 0 Å². The molecule has 0 radical (unpaired) electrons. The summed E-state index contributed by atoms with van der Waals surface area (Å²) >= 11 is 0. The maximum atomic E-state index is 11.1. The lowest BCUT2D eigenvalue weighted by atomic mass is 9.69. The summed E-state index contributed by atoms with van der Waals surface area (Å²) in [4.78, 5) is 0. The molecule has 0 atom stereocenters. The smallest absolute Gasteiger partial charge is 0.127 e. The van der Waals surface area contributed by atoms with Crippen LogP contribution in [0.1, 0.15) is 23.6 Å². The molecule has 0 aliphatic heterocycles. The van der Waals surface area contributed by atoms with Gasteiger partial charge in [-0.2, -0.15) is 0 Å². The third-order valence-corrected chi connectivity index (χ3v) is 5.32. The van der Waals surface area contributed by atoms with Gasteiger partial charge in [0.25, 0.3) is 0 Å². The van der Waals surface area contributed by atoms with Crippen molar-refractivity contribution in [2.45, 2.75) is 12.3 Å². The molecule has 0 saturated heterocycles. The topological polar surface area (TPSA) is 60.7 Å². The molecule has 0 aliphatic rings. The van der Waals surface area contributed by atoms with E-state index < -0.39 is 5.41 Å². The molecular weight excluding hydrogens is 336 g/mol. The first-order valence-corrected chi connectivity index (χ1v) is 8.81. The molecule has 0 aromatic heterocycles. The van der Waals surface area contributed by atoms with Gasteiger partial charge in [-0.1, -0.05) is 72.8 Å². The summed E-state index contributed by atoms with van der Waals surface area (Å²) in [5.41, 5.74) is 0.878. The van der Waals surface area contributed by atoms with Gasteiger partial charge in [-0.25, -0.2) is 0 Å². The van der Waals surface area contributed by atoms with Crippen LogP contribution in [0, 0.1) is 0 Å². The lowest BCUT2D eigenvalue weighted by molar-refractivity contribution is 0.431. The predicted octanol–water partition coefficient (Wildman–Crippen LogP) is 5.31. The first-order chi connectivity index (χ1) is 13.0. The fraction of sp³-hybridized carbons (Fsp3) is 0.0833. The van der Waals surface area contributed by atoms with Crippen LogP contribution in [0.4, 0.5) is 0 Å². The second-order valence-electron chi connectivity index (χ2n) is 6.84. The number of phenols is 3. The van der Waals surface area contributed by atoms with Crippen LogP contribution in [0.25, 0.3) is 10.8 Å². The van der Waals surface area contributed by atoms with E-state index in [4.69, 9.17) is 0 Å². The Hall–Kier alpha value is -3.46. The van der Waals surface area contributed by atoms with Crippen molar-refractivity contribution in [2.24, 2.45) is 0 Å². The number of hydrogen-bond acceptors (Lipinski definition) is 3. The van der Waals surface area contributed by atoms with Gasteiger partial charge in [0.05, 0.1) is 5.41 Å². The summed E-state index contributed by atoms with van der Waals surface area (Å²) in [6.07, 6.45) is 0. The summed E-state index contributed by atoms with van der Waals surface area (Å²) in [5.74, 6) is 0.355. The van der Waals surface area contributed by atoms with E-state index in [1.165, 1.54) is 0 Å². The third-order valence-electron chi connectivity index (χ3n) is 5.32. The molecule has 134 valence electrons. The van der Waals surface area contributed by atoms with Gasteiger partial charge in [0.1, 0.15) is 17.2 Å². The van der Waals surface area contributed by atoms with Crippen LogP contribution in [-0.2, 0) is 5.41 Å². The number of phenolic OH excluding ortho intramolecular Hbond substituents is 3. The quantitative estimate of drug-likeness (QED) is 0.436. The Kier molecular flexibility index (Phi) is 4.00. The van der Waals surface area contributed by atoms with E-state index in [1.807, 2.05) is 67.6 Å². The van der Waals surface area contributed by atoms with Gasteiger partial charge in [-0.05, 0) is 24.4 Å². The van der Waals surface area contributed by atoms with Gasteiger partial charge < -0.3 is 15.3 Å². The van der Waals surface area contributed by atoms with Crippen LogP contribution >= 0.6 is 0 Å². The zero-order valence-corrected chi connectivity index (χ0v) is 14.9. The number of hydrogen-bond donors (Lipinski definition) is 3. The molecule has 4 aromatic carbocycles. The summed E-state index contributed by atoms with van der Waals surface area (Å²) in [6.45, 7) is 1.90. The molecule has 4 rings (SSSR count). The minimum absolute atomic E-state index is 0.107. The zero-order chi connectivity index (χ0) is 19.0. The molecule has 27 heavy (non-hydrogen) atoms. The normalized spacial score (nSPS) is 11.6. The fourth-order valence-corrected chi connectivity index (χ4v) is 3.89. The molecule has 3 N–H and O–H groups in total. The van der Waals surface area contributed by atoms with Gasteiger partial charge in [-0.3, -0.25) is 0 Å². The maximum Gasteiger partial charge on any atom is 0.127 e. The highest BCUT2D eigenvalue weighted by Crippen LogP contribution is 2.49. The van der Waals surface area contributed by atoms with Crippen LogP contribution in [0.2, 0.25) is 0 Å². The summed E-state index contributed by atoms with van der Waals surface area (Å²) in [7, 11) is 0. The Balaban J connectivity index is 2.11. The third kappa shape index (κ3) is 2.59. The van der Waals surface area contributed by atoms with Crippen molar-refractivity contribution in [3.05, 3.63) is 102 Å². The Morgan fingerprint density at radius 3 is 1.67 bits per heavy atom. The van der Waals surface area contributed by atoms with Crippen LogP contribution < -0.4 is 0 Å². The molecule has 4 aromatic rings. The minimum Gasteiger partial charge on any atom is -0.508 e. The number of benzene rings is 4. The highest BCUT2D eigenvalue weighted by atomic mass is 16.3. The molecule has 0 aliphatic carbocycles. The summed E-state index contributed by atoms with van der Waals surface area (Å²) in [6, 6.07) is 25.5. The molecule has 0 fully saturated rings. The molecule has 3 heteroatoms. The first kappa shape index (κ1) is 17.0. The van der Waals surface area contributed by atoms with Crippen LogP contribution in [0.5, 0.6) is 17.2 Å². The second kappa shape index (κ2) is 6.36. The van der Waals surface area contributed by atoms with Gasteiger partial charge >= 0.3 is 0 Å². The van der Waals surface area contributed by atoms with E-state index in [1.54, 1.807) is 24.3 Å². The zero-order valence-electron chi connectivity index (χ0n) is 14.9. The summed E-state index contributed by atoms with van der Waals surface area (Å²) < 4.78 is 0. The van der Waals surface area contributed by atoms with Crippen molar-refractivity contribution in [1.82, 2.24) is 0 Å². The average molecular weight is 356 g/mol. The Bertz CT molecular complexity index is 1090. The van der Waals surface area contributed by atoms with Crippen LogP contribution in [0.3, 0.4) is 0 Å². The van der Waals surface area contributed by atoms with E-state index in [0.717, 1.165) is 10.8 Å². The molecular formula is C24H20O3. The van der Waals surface area contributed by atoms with Crippen molar-refractivity contribution < 1.29 is 15.3 Å². The van der Waals surface area contributed by atoms with Gasteiger partial charge in [-0.15, -0.1) is 0 Å². The van der Waals surface area contributed by atoms with E-state index >= 15 is 0 Å². The van der Waals surface area contributed by atoms with Gasteiger partial charge in [0, 0.05) is 22.1 Å². The number of rotatable bonds is 3. The molecule has 0 amide bonds. The fourth-order valence-electron chi connectivity index (χ4n) is 3.89. The highest BCUT2D eigenvalue weighted by Gasteiger charge is 2.38. The molecule has 0 spiro atoms.